The summed E-state index contributed by atoms with van der Waals surface area (Å²) in [6, 6.07) is 32.9. The summed E-state index contributed by atoms with van der Waals surface area (Å²) < 4.78 is 5.39. The van der Waals surface area contributed by atoms with Crippen LogP contribution >= 0.6 is 23.1 Å². The normalized spacial score (nSPS) is 14.3. The fraction of sp³-hybridized carbons (Fsp3) is 0.190. The zero-order chi connectivity index (χ0) is 37.3. The molecule has 0 saturated heterocycles. The fourth-order valence-electron chi connectivity index (χ4n) is 6.24. The molecule has 0 fully saturated rings. The number of nitriles is 1. The maximum absolute atomic E-state index is 13.7. The Kier molecular flexibility index (Phi) is 11.9. The number of thiophene rings is 1. The van der Waals surface area contributed by atoms with Gasteiger partial charge in [0.25, 0.3) is 11.8 Å². The first-order valence-electron chi connectivity index (χ1n) is 17.2. The number of nitrogens with zero attached hydrogens (tertiary/aromatic N) is 1. The third-order valence-corrected chi connectivity index (χ3v) is 11.5. The predicted octanol–water partition coefficient (Wildman–Crippen LogP) is 8.53. The van der Waals surface area contributed by atoms with E-state index in [1.807, 2.05) is 19.1 Å². The number of rotatable bonds is 12. The Morgan fingerprint density at radius 1 is 1.00 bits per heavy atom. The highest BCUT2D eigenvalue weighted by Gasteiger charge is 2.29. The zero-order valence-corrected chi connectivity index (χ0v) is 30.9. The van der Waals surface area contributed by atoms with Gasteiger partial charge >= 0.3 is 0 Å². The molecular weight excluding hydrogens is 705 g/mol. The van der Waals surface area contributed by atoms with Crippen LogP contribution in [0.3, 0.4) is 0 Å². The van der Waals surface area contributed by atoms with E-state index in [0.717, 1.165) is 34.6 Å². The van der Waals surface area contributed by atoms with E-state index in [0.29, 0.717) is 45.5 Å². The number of phenolic OH excluding ortho intramolecular Hbond substituents is 1. The lowest BCUT2D eigenvalue weighted by atomic mass is 9.83. The number of aromatic hydroxyl groups is 1. The van der Waals surface area contributed by atoms with Gasteiger partial charge in [-0.3, -0.25) is 14.4 Å². The highest BCUT2D eigenvalue weighted by Crippen LogP contribution is 2.42. The molecule has 1 aliphatic rings. The number of phenols is 1. The van der Waals surface area contributed by atoms with Gasteiger partial charge in [0.2, 0.25) is 5.91 Å². The number of benzene rings is 4. The minimum atomic E-state index is -0.587. The smallest absolute Gasteiger partial charge is 0.272 e. The number of hydrogen-bond donors (Lipinski definition) is 4. The van der Waals surface area contributed by atoms with E-state index in [2.05, 4.69) is 46.3 Å². The molecule has 0 bridgehead atoms. The Hall–Kier alpha value is -5.83. The quantitative estimate of drug-likeness (QED) is 0.0742. The number of nitrogens with one attached hydrogen (secondary N) is 3. The molecule has 3 amide bonds. The molecule has 4 aromatic carbocycles. The number of hydrogen-bond acceptors (Lipinski definition) is 8. The Balaban J connectivity index is 1.17. The molecule has 6 rings (SSSR count). The van der Waals surface area contributed by atoms with E-state index in [4.69, 9.17) is 4.74 Å². The summed E-state index contributed by atoms with van der Waals surface area (Å²) in [7, 11) is 1.44. The maximum atomic E-state index is 13.7. The topological polar surface area (TPSA) is 141 Å². The van der Waals surface area contributed by atoms with Crippen LogP contribution in [0.5, 0.6) is 11.5 Å². The number of anilines is 2. The summed E-state index contributed by atoms with van der Waals surface area (Å²) >= 11 is 2.86. The van der Waals surface area contributed by atoms with Gasteiger partial charge in [-0.15, -0.1) is 23.1 Å². The average Bonchev–Trinajstić information content (AvgIpc) is 3.53. The van der Waals surface area contributed by atoms with Crippen molar-refractivity contribution in [3.8, 4) is 17.6 Å². The van der Waals surface area contributed by atoms with Gasteiger partial charge in [-0.05, 0) is 91.3 Å². The lowest BCUT2D eigenvalue weighted by molar-refractivity contribution is -0.116. The molecule has 4 N–H and O–H groups in total. The molecule has 0 saturated carbocycles. The first-order chi connectivity index (χ1) is 25.8. The predicted molar refractivity (Wildman–Crippen MR) is 210 cm³/mol. The van der Waals surface area contributed by atoms with E-state index in [-0.39, 0.29) is 17.4 Å². The second-order valence-corrected chi connectivity index (χ2v) is 14.8. The number of carbonyl (C=O) groups excluding carboxylic acids is 3. The molecule has 2 atom stereocenters. The summed E-state index contributed by atoms with van der Waals surface area (Å²) in [5.41, 5.74) is 4.13. The fourth-order valence-corrected chi connectivity index (χ4v) is 8.54. The molecular formula is C42H38N4O5S2. The van der Waals surface area contributed by atoms with Crippen molar-refractivity contribution >= 4 is 57.6 Å². The number of methoxy groups -OCH3 is 1. The van der Waals surface area contributed by atoms with Gasteiger partial charge in [-0.25, -0.2) is 0 Å². The average molecular weight is 743 g/mol. The lowest BCUT2D eigenvalue weighted by Crippen LogP contribution is -2.30. The molecule has 9 nitrogen and oxygen atoms in total. The van der Waals surface area contributed by atoms with Crippen molar-refractivity contribution < 1.29 is 24.2 Å². The number of amides is 3. The number of fused-ring (bicyclic) bond motifs is 1. The van der Waals surface area contributed by atoms with Crippen molar-refractivity contribution in [3.63, 3.8) is 0 Å². The zero-order valence-electron chi connectivity index (χ0n) is 29.2. The first kappa shape index (κ1) is 36.9. The summed E-state index contributed by atoms with van der Waals surface area (Å²) in [5.74, 6) is -0.578. The van der Waals surface area contributed by atoms with Crippen molar-refractivity contribution in [2.75, 3.05) is 17.7 Å². The Labute approximate surface area is 316 Å². The minimum Gasteiger partial charge on any atom is -0.508 e. The van der Waals surface area contributed by atoms with Gasteiger partial charge in [0.05, 0.1) is 17.9 Å². The van der Waals surface area contributed by atoms with Gasteiger partial charge in [-0.1, -0.05) is 61.5 Å². The second kappa shape index (κ2) is 17.1. The standard InChI is InChI=1S/C42H38N4O5S2/c1-3-37(41(50)46-42-34(25-43)33-20-18-28(22-38(33)53-42)26-11-6-4-7-12-26)52-32-16-10-15-30(23-32)44-40(49)35(45-39(48)27-13-8-5-9-14-27)21-29-17-19-31(47)24-36(29)51-2/h4-17,19,21,23-24,28,37,47H,3,18,20,22H2,1-2H3,(H,44,49)(H,45,48)(H,46,50)/b35-21+. The van der Waals surface area contributed by atoms with Crippen molar-refractivity contribution in [2.45, 2.75) is 48.7 Å². The van der Waals surface area contributed by atoms with Crippen LogP contribution in [0.1, 0.15) is 63.2 Å². The molecule has 0 spiro atoms. The van der Waals surface area contributed by atoms with E-state index in [1.165, 1.54) is 54.0 Å². The third kappa shape index (κ3) is 8.98. The van der Waals surface area contributed by atoms with Crippen molar-refractivity contribution in [3.05, 3.63) is 142 Å². The maximum Gasteiger partial charge on any atom is 0.272 e. The lowest BCUT2D eigenvalue weighted by Gasteiger charge is -2.22. The monoisotopic (exact) mass is 742 g/mol. The Morgan fingerprint density at radius 2 is 1.75 bits per heavy atom. The van der Waals surface area contributed by atoms with Crippen molar-refractivity contribution in [1.82, 2.24) is 5.32 Å². The van der Waals surface area contributed by atoms with Crippen LogP contribution in [0.25, 0.3) is 6.08 Å². The largest absolute Gasteiger partial charge is 0.508 e. The van der Waals surface area contributed by atoms with Crippen molar-refractivity contribution in [2.24, 2.45) is 0 Å². The molecule has 5 aromatic rings. The van der Waals surface area contributed by atoms with Crippen LogP contribution in [0.2, 0.25) is 0 Å². The van der Waals surface area contributed by atoms with Gasteiger partial charge in [0.15, 0.2) is 0 Å². The number of carbonyl (C=O) groups is 3. The summed E-state index contributed by atoms with van der Waals surface area (Å²) in [4.78, 5) is 42.4. The van der Waals surface area contributed by atoms with E-state index < -0.39 is 17.1 Å². The molecule has 2 unspecified atom stereocenters. The summed E-state index contributed by atoms with van der Waals surface area (Å²) in [5, 5.41) is 28.8. The molecule has 0 aliphatic heterocycles. The number of thioether (sulfide) groups is 1. The molecule has 1 aromatic heterocycles. The second-order valence-electron chi connectivity index (χ2n) is 12.5. The van der Waals surface area contributed by atoms with Gasteiger partial charge in [-0.2, -0.15) is 5.26 Å². The SMILES string of the molecule is CCC(Sc1cccc(NC(=O)/C(=C\c2ccc(O)cc2OC)NC(=O)c2ccccc2)c1)C(=O)Nc1sc2c(c1C#N)CCC(c1ccccc1)C2. The molecule has 11 heteroatoms. The Bertz CT molecular complexity index is 2190. The first-order valence-corrected chi connectivity index (χ1v) is 18.9. The number of ether oxygens (including phenoxy) is 1. The molecule has 53 heavy (non-hydrogen) atoms. The van der Waals surface area contributed by atoms with Gasteiger partial charge in [0.1, 0.15) is 28.3 Å². The van der Waals surface area contributed by atoms with Gasteiger partial charge in [0, 0.05) is 32.7 Å². The van der Waals surface area contributed by atoms with E-state index in [1.54, 1.807) is 54.6 Å². The van der Waals surface area contributed by atoms with Gasteiger partial charge < -0.3 is 25.8 Å². The molecule has 1 aliphatic carbocycles. The molecule has 1 heterocycles. The molecule has 0 radical (unpaired) electrons. The van der Waals surface area contributed by atoms with Crippen LogP contribution in [0.4, 0.5) is 10.7 Å². The molecule has 268 valence electrons. The third-order valence-electron chi connectivity index (χ3n) is 8.96. The highest BCUT2D eigenvalue weighted by molar-refractivity contribution is 8.00. The van der Waals surface area contributed by atoms with Crippen LogP contribution in [-0.2, 0) is 22.4 Å². The highest BCUT2D eigenvalue weighted by atomic mass is 32.2. The van der Waals surface area contributed by atoms with Crippen LogP contribution in [-0.4, -0.2) is 35.2 Å². The van der Waals surface area contributed by atoms with E-state index in [9.17, 15) is 24.8 Å². The van der Waals surface area contributed by atoms with E-state index >= 15 is 0 Å². The van der Waals surface area contributed by atoms with Crippen LogP contribution in [0.15, 0.2) is 114 Å². The minimum absolute atomic E-state index is 0.0105. The summed E-state index contributed by atoms with van der Waals surface area (Å²) in [6.45, 7) is 1.93. The summed E-state index contributed by atoms with van der Waals surface area (Å²) in [6.07, 6.45) is 4.60. The Morgan fingerprint density at radius 3 is 2.47 bits per heavy atom. The van der Waals surface area contributed by atoms with Crippen LogP contribution < -0.4 is 20.7 Å². The van der Waals surface area contributed by atoms with Crippen LogP contribution in [0, 0.1) is 11.3 Å². The van der Waals surface area contributed by atoms with Crippen molar-refractivity contribution in [1.29, 1.82) is 5.26 Å².